The van der Waals surface area contributed by atoms with Gasteiger partial charge in [-0.2, -0.15) is 0 Å². The van der Waals surface area contributed by atoms with Crippen LogP contribution < -0.4 is 16.4 Å². The Kier molecular flexibility index (Phi) is 11.2. The average molecular weight is 836 g/mol. The molecule has 6 heterocycles. The van der Waals surface area contributed by atoms with Gasteiger partial charge in [-0.25, -0.2) is 9.78 Å². The number of amides is 3. The Morgan fingerprint density at radius 1 is 1.18 bits per heavy atom. The van der Waals surface area contributed by atoms with Gasteiger partial charge < -0.3 is 51.0 Å². The molecule has 8 N–H and O–H groups in total. The van der Waals surface area contributed by atoms with E-state index in [0.717, 1.165) is 17.4 Å². The molecule has 1 aromatic heterocycles. The summed E-state index contributed by atoms with van der Waals surface area (Å²) in [5.41, 5.74) is 5.11. The number of phenols is 2. The van der Waals surface area contributed by atoms with Gasteiger partial charge >= 0.3 is 5.97 Å². The Hall–Kier alpha value is -5.12. The number of piperidine rings is 3. The number of β-lactam (4-membered cyclic amide) rings is 1. The van der Waals surface area contributed by atoms with Gasteiger partial charge in [0.2, 0.25) is 0 Å². The van der Waals surface area contributed by atoms with Crippen molar-refractivity contribution in [2.45, 2.75) is 62.5 Å². The van der Waals surface area contributed by atoms with E-state index in [1.54, 1.807) is 0 Å². The summed E-state index contributed by atoms with van der Waals surface area (Å²) in [5.74, 6) is -6.11. The summed E-state index contributed by atoms with van der Waals surface area (Å²) < 4.78 is 5.46. The fourth-order valence-corrected chi connectivity index (χ4v) is 9.71. The number of quaternary nitrogens is 1. The lowest BCUT2D eigenvalue weighted by Crippen LogP contribution is -2.72. The van der Waals surface area contributed by atoms with Crippen LogP contribution in [0.25, 0.3) is 0 Å². The molecule has 1 aromatic carbocycles. The second-order valence-electron chi connectivity index (χ2n) is 14.6. The third-order valence-corrected chi connectivity index (χ3v) is 13.2. The maximum Gasteiger partial charge on any atom is 0.352 e. The number of nitrogens with zero attached hydrogens (tertiary/aromatic N) is 5. The number of rotatable bonds is 14. The summed E-state index contributed by atoms with van der Waals surface area (Å²) in [5, 5.41) is 52.7. The SMILES string of the molecule is C[C@@H]1S[C@@H]2[C@H](NC(=O)/C(=N\O)c3csc(N)n3)C(=O)N2C(C(=O)O)=C1C[N+]12CCC(CNC(=O)/C(=N\OC(C)(C)OC=O)c3ccc(O)c(O)c3Cl)(CC1)CC2. The number of aliphatic carboxylic acids is 1. The van der Waals surface area contributed by atoms with Crippen LogP contribution in [0.4, 0.5) is 5.13 Å². The van der Waals surface area contributed by atoms with E-state index in [1.807, 2.05) is 6.92 Å². The van der Waals surface area contributed by atoms with Crippen LogP contribution in [0.3, 0.4) is 0 Å². The monoisotopic (exact) mass is 835 g/mol. The van der Waals surface area contributed by atoms with Crippen LogP contribution in [0.5, 0.6) is 11.5 Å². The number of hydrogen-bond donors (Lipinski definition) is 7. The zero-order valence-electron chi connectivity index (χ0n) is 30.4. The number of aromatic hydroxyl groups is 2. The Labute approximate surface area is 332 Å². The number of thioether (sulfide) groups is 1. The molecule has 0 radical (unpaired) electrons. The maximum absolute atomic E-state index is 13.6. The number of fused-ring (bicyclic) bond motifs is 4. The highest BCUT2D eigenvalue weighted by molar-refractivity contribution is 8.00. The highest BCUT2D eigenvalue weighted by Crippen LogP contribution is 2.48. The molecule has 0 saturated carbocycles. The number of ether oxygens (including phenoxy) is 1. The van der Waals surface area contributed by atoms with E-state index in [2.05, 4.69) is 25.9 Å². The number of nitrogen functional groups attached to an aromatic ring is 1. The molecule has 3 amide bonds. The van der Waals surface area contributed by atoms with Crippen molar-refractivity contribution in [2.24, 2.45) is 15.7 Å². The van der Waals surface area contributed by atoms with Crippen molar-refractivity contribution in [1.29, 1.82) is 0 Å². The molecule has 4 fully saturated rings. The van der Waals surface area contributed by atoms with Crippen molar-refractivity contribution in [3.63, 3.8) is 0 Å². The fourth-order valence-electron chi connectivity index (χ4n) is 7.47. The molecule has 22 heteroatoms. The number of carbonyl (C=O) groups is 5. The predicted octanol–water partition coefficient (Wildman–Crippen LogP) is 1.54. The summed E-state index contributed by atoms with van der Waals surface area (Å²) in [7, 11) is 0. The van der Waals surface area contributed by atoms with Crippen molar-refractivity contribution in [3.05, 3.63) is 45.1 Å². The van der Waals surface area contributed by atoms with Crippen molar-refractivity contribution in [1.82, 2.24) is 20.5 Å². The smallest absolute Gasteiger partial charge is 0.352 e. The molecular weight excluding hydrogens is 796 g/mol. The largest absolute Gasteiger partial charge is 0.504 e. The number of halogens is 1. The van der Waals surface area contributed by atoms with Crippen molar-refractivity contribution >= 4 is 81.4 Å². The van der Waals surface area contributed by atoms with Gasteiger partial charge in [0.25, 0.3) is 30.0 Å². The minimum absolute atomic E-state index is 0.0352. The van der Waals surface area contributed by atoms with E-state index in [0.29, 0.717) is 55.5 Å². The summed E-state index contributed by atoms with van der Waals surface area (Å²) in [6, 6.07) is 1.37. The molecule has 2 bridgehead atoms. The van der Waals surface area contributed by atoms with E-state index in [1.165, 1.54) is 42.0 Å². The van der Waals surface area contributed by atoms with Gasteiger partial charge in [0.05, 0.1) is 24.7 Å². The van der Waals surface area contributed by atoms with Gasteiger partial charge in [-0.3, -0.25) is 24.1 Å². The number of thiazole rings is 1. The molecule has 0 spiro atoms. The molecule has 0 aliphatic carbocycles. The van der Waals surface area contributed by atoms with Crippen LogP contribution in [0.1, 0.15) is 51.3 Å². The molecule has 7 rings (SSSR count). The number of phenolic OH excluding ortho intramolecular Hbond substituents is 2. The Morgan fingerprint density at radius 3 is 2.45 bits per heavy atom. The van der Waals surface area contributed by atoms with Crippen LogP contribution >= 0.6 is 34.7 Å². The minimum atomic E-state index is -1.55. The van der Waals surface area contributed by atoms with Gasteiger partial charge in [0.15, 0.2) is 28.1 Å². The summed E-state index contributed by atoms with van der Waals surface area (Å²) >= 11 is 8.68. The highest BCUT2D eigenvalue weighted by Gasteiger charge is 2.58. The molecule has 300 valence electrons. The molecule has 56 heavy (non-hydrogen) atoms. The van der Waals surface area contributed by atoms with Gasteiger partial charge in [-0.05, 0) is 19.1 Å². The number of hydrogen-bond acceptors (Lipinski definition) is 16. The number of oxime groups is 2. The number of carboxylic acid groups (broad SMARTS) is 1. The van der Waals surface area contributed by atoms with Gasteiger partial charge in [-0.1, -0.05) is 21.9 Å². The lowest BCUT2D eigenvalue weighted by atomic mass is 9.70. The van der Waals surface area contributed by atoms with Crippen molar-refractivity contribution < 1.29 is 58.6 Å². The normalized spacial score (nSPS) is 26.2. The standard InChI is InChI=1S/C34H39ClN8O11S2/c1-16-18(25(31(50)51)42-29(49)24(30(42)56-16)39-28(48)23(40-52)19-13-55-32(36)38-19)12-43-9-6-34(7-10-43,8-11-43)14-37-27(47)22(41-54-33(2,3)53-15-44)17-4-5-20(45)26(46)21(17)35/h4-5,13,15-16,24,30H,6-12,14H2,1-3H3,(H7-,36,37,38,39,40,41,45,46,47,48,50,51,52)/p+1/t16-,24+,30+,34?,43?/m0/s1. The molecule has 19 nitrogen and oxygen atoms in total. The molecule has 0 unspecified atom stereocenters. The lowest BCUT2D eigenvalue weighted by molar-refractivity contribution is -0.941. The van der Waals surface area contributed by atoms with E-state index >= 15 is 0 Å². The van der Waals surface area contributed by atoms with Crippen LogP contribution in [-0.4, -0.2) is 132 Å². The number of anilines is 1. The topological polar surface area (TPSA) is 276 Å². The zero-order valence-corrected chi connectivity index (χ0v) is 32.7. The molecular formula is C34H40ClN8O11S2+. The quantitative estimate of drug-likeness (QED) is 0.0208. The number of nitrogens with one attached hydrogen (secondary N) is 2. The number of aromatic nitrogens is 1. The Bertz CT molecular complexity index is 2050. The fraction of sp³-hybridized carbons (Fsp3) is 0.471. The van der Waals surface area contributed by atoms with Crippen molar-refractivity contribution in [3.8, 4) is 11.5 Å². The second kappa shape index (κ2) is 15.4. The number of carboxylic acids is 1. The Balaban J connectivity index is 1.13. The molecule has 5 aliphatic rings. The molecule has 5 aliphatic heterocycles. The highest BCUT2D eigenvalue weighted by atomic mass is 35.5. The Morgan fingerprint density at radius 2 is 1.86 bits per heavy atom. The summed E-state index contributed by atoms with van der Waals surface area (Å²) in [4.78, 5) is 74.3. The van der Waals surface area contributed by atoms with Crippen LogP contribution in [0.15, 0.2) is 39.1 Å². The number of benzene rings is 1. The van der Waals surface area contributed by atoms with E-state index in [4.69, 9.17) is 26.9 Å². The maximum atomic E-state index is 13.6. The van der Waals surface area contributed by atoms with Gasteiger partial charge in [-0.15, -0.1) is 23.1 Å². The second-order valence-corrected chi connectivity index (χ2v) is 17.3. The predicted molar refractivity (Wildman–Crippen MR) is 202 cm³/mol. The molecule has 2 aromatic rings. The van der Waals surface area contributed by atoms with Crippen LogP contribution in [0, 0.1) is 5.41 Å². The first-order valence-electron chi connectivity index (χ1n) is 17.4. The van der Waals surface area contributed by atoms with E-state index in [9.17, 15) is 44.5 Å². The third-order valence-electron chi connectivity index (χ3n) is 10.7. The van der Waals surface area contributed by atoms with E-state index < -0.39 is 58.1 Å². The first kappa shape index (κ1) is 40.5. The van der Waals surface area contributed by atoms with E-state index in [-0.39, 0.29) is 56.5 Å². The first-order chi connectivity index (χ1) is 26.4. The third kappa shape index (κ3) is 7.67. The van der Waals surface area contributed by atoms with Gasteiger partial charge in [0.1, 0.15) is 29.4 Å². The molecule has 3 atom stereocenters. The van der Waals surface area contributed by atoms with Crippen molar-refractivity contribution in [2.75, 3.05) is 38.5 Å². The summed E-state index contributed by atoms with van der Waals surface area (Å²) in [6.45, 7) is 7.54. The first-order valence-corrected chi connectivity index (χ1v) is 19.6. The number of nitrogens with two attached hydrogens (primary N) is 1. The van der Waals surface area contributed by atoms with Crippen LogP contribution in [-0.2, 0) is 33.5 Å². The van der Waals surface area contributed by atoms with Gasteiger partial charge in [0, 0.05) is 66.8 Å². The van der Waals surface area contributed by atoms with Crippen LogP contribution in [0.2, 0.25) is 5.02 Å². The lowest BCUT2D eigenvalue weighted by Gasteiger charge is -2.56. The number of carbonyl (C=O) groups excluding carboxylic acids is 4. The minimum Gasteiger partial charge on any atom is -0.504 e. The average Bonchev–Trinajstić information content (AvgIpc) is 3.59. The summed E-state index contributed by atoms with van der Waals surface area (Å²) in [6.07, 6.45) is 2.10. The zero-order chi connectivity index (χ0) is 40.7. The molecule has 4 saturated heterocycles.